The maximum atomic E-state index is 13.1. The predicted molar refractivity (Wildman–Crippen MR) is 99.7 cm³/mol. The molecule has 1 unspecified atom stereocenters. The number of allylic oxidation sites excluding steroid dienone is 1. The van der Waals surface area contributed by atoms with Gasteiger partial charge in [0.2, 0.25) is 0 Å². The van der Waals surface area contributed by atoms with Gasteiger partial charge in [-0.2, -0.15) is 8.78 Å². The van der Waals surface area contributed by atoms with E-state index in [1.165, 1.54) is 42.3 Å². The minimum Gasteiger partial charge on any atom is -0.435 e. The highest BCUT2D eigenvalue weighted by Crippen LogP contribution is 2.40. The van der Waals surface area contributed by atoms with Crippen LogP contribution in [0.1, 0.15) is 16.7 Å². The largest absolute Gasteiger partial charge is 0.435 e. The SMILES string of the molecule is CN1C(=O)C(c2ccc(OC(F)F)cc2)(c2cccc(C=CC(F)F)c2)N=C1N. The van der Waals surface area contributed by atoms with Gasteiger partial charge in [0.15, 0.2) is 11.5 Å². The van der Waals surface area contributed by atoms with Crippen LogP contribution in [-0.2, 0) is 10.3 Å². The number of halogens is 4. The van der Waals surface area contributed by atoms with Crippen molar-refractivity contribution in [3.63, 3.8) is 0 Å². The average molecular weight is 407 g/mol. The number of carbonyl (C=O) groups is 1. The molecule has 0 bridgehead atoms. The van der Waals surface area contributed by atoms with Gasteiger partial charge in [0.1, 0.15) is 5.75 Å². The van der Waals surface area contributed by atoms with Crippen molar-refractivity contribution in [2.75, 3.05) is 7.05 Å². The van der Waals surface area contributed by atoms with E-state index in [4.69, 9.17) is 5.73 Å². The van der Waals surface area contributed by atoms with Gasteiger partial charge in [-0.1, -0.05) is 36.4 Å². The highest BCUT2D eigenvalue weighted by atomic mass is 19.3. The number of alkyl halides is 4. The van der Waals surface area contributed by atoms with Gasteiger partial charge in [-0.15, -0.1) is 0 Å². The van der Waals surface area contributed by atoms with Gasteiger partial charge in [0.25, 0.3) is 12.3 Å². The second-order valence-electron chi connectivity index (χ2n) is 6.27. The molecule has 9 heteroatoms. The number of rotatable bonds is 6. The third kappa shape index (κ3) is 3.94. The normalized spacial score (nSPS) is 19.5. The van der Waals surface area contributed by atoms with Gasteiger partial charge in [-0.25, -0.2) is 13.8 Å². The molecule has 1 aliphatic rings. The Morgan fingerprint density at radius 2 is 1.79 bits per heavy atom. The lowest BCUT2D eigenvalue weighted by Gasteiger charge is -2.26. The van der Waals surface area contributed by atoms with Crippen LogP contribution in [0.2, 0.25) is 0 Å². The van der Waals surface area contributed by atoms with Crippen molar-refractivity contribution in [1.82, 2.24) is 4.90 Å². The molecule has 1 heterocycles. The van der Waals surface area contributed by atoms with Crippen LogP contribution in [0.5, 0.6) is 5.75 Å². The Hall–Kier alpha value is -3.36. The number of carbonyl (C=O) groups excluding carboxylic acids is 1. The van der Waals surface area contributed by atoms with Crippen molar-refractivity contribution in [2.24, 2.45) is 10.7 Å². The van der Waals surface area contributed by atoms with E-state index in [1.807, 2.05) is 0 Å². The van der Waals surface area contributed by atoms with Gasteiger partial charge >= 0.3 is 6.61 Å². The Morgan fingerprint density at radius 1 is 1.10 bits per heavy atom. The predicted octanol–water partition coefficient (Wildman–Crippen LogP) is 3.60. The first-order chi connectivity index (χ1) is 13.7. The van der Waals surface area contributed by atoms with E-state index in [-0.39, 0.29) is 11.7 Å². The summed E-state index contributed by atoms with van der Waals surface area (Å²) in [6.45, 7) is -2.99. The van der Waals surface area contributed by atoms with E-state index >= 15 is 0 Å². The molecule has 0 radical (unpaired) electrons. The molecule has 0 saturated carbocycles. The van der Waals surface area contributed by atoms with E-state index in [1.54, 1.807) is 24.3 Å². The molecule has 0 aliphatic carbocycles. The number of hydrogen-bond donors (Lipinski definition) is 1. The number of benzene rings is 2. The summed E-state index contributed by atoms with van der Waals surface area (Å²) in [5, 5.41) is 0. The standard InChI is InChI=1S/C20H17F4N3O2/c1-27-17(28)20(26-19(27)25,13-6-8-15(9-7-13)29-18(23)24)14-4-2-3-12(11-14)5-10-16(21)22/h2-11,16,18H,1H3,(H2,25,26). The van der Waals surface area contributed by atoms with Crippen molar-refractivity contribution in [3.05, 3.63) is 71.3 Å². The van der Waals surface area contributed by atoms with Crippen LogP contribution in [-0.4, -0.2) is 36.9 Å². The summed E-state index contributed by atoms with van der Waals surface area (Å²) in [6, 6.07) is 11.8. The molecule has 1 atom stereocenters. The number of hydrogen-bond acceptors (Lipinski definition) is 4. The van der Waals surface area contributed by atoms with Gasteiger partial charge in [0.05, 0.1) is 0 Å². The highest BCUT2D eigenvalue weighted by molar-refractivity contribution is 6.09. The Bertz CT molecular complexity index is 960. The lowest BCUT2D eigenvalue weighted by atomic mass is 9.82. The zero-order chi connectivity index (χ0) is 21.2. The van der Waals surface area contributed by atoms with Crippen LogP contribution in [0.15, 0.2) is 59.6 Å². The molecule has 0 fully saturated rings. The Kier molecular flexibility index (Phi) is 5.58. The Labute approximate surface area is 164 Å². The molecular formula is C20H17F4N3O2. The first kappa shape index (κ1) is 20.4. The minimum atomic E-state index is -2.99. The Morgan fingerprint density at radius 3 is 2.34 bits per heavy atom. The molecule has 3 rings (SSSR count). The molecule has 2 aromatic rings. The highest BCUT2D eigenvalue weighted by Gasteiger charge is 2.49. The smallest absolute Gasteiger partial charge is 0.387 e. The molecule has 1 aliphatic heterocycles. The van der Waals surface area contributed by atoms with E-state index < -0.39 is 24.5 Å². The number of ether oxygens (including phenoxy) is 1. The lowest BCUT2D eigenvalue weighted by molar-refractivity contribution is -0.129. The molecule has 0 saturated heterocycles. The van der Waals surface area contributed by atoms with Gasteiger partial charge < -0.3 is 10.5 Å². The second-order valence-corrected chi connectivity index (χ2v) is 6.27. The van der Waals surface area contributed by atoms with Crippen molar-refractivity contribution in [3.8, 4) is 5.75 Å². The van der Waals surface area contributed by atoms with Crippen molar-refractivity contribution >= 4 is 17.9 Å². The number of nitrogens with zero attached hydrogens (tertiary/aromatic N) is 2. The number of amides is 1. The van der Waals surface area contributed by atoms with Crippen LogP contribution in [0.25, 0.3) is 6.08 Å². The number of likely N-dealkylation sites (N-methyl/N-ethyl adjacent to an activating group) is 1. The third-order valence-corrected chi connectivity index (χ3v) is 4.48. The summed E-state index contributed by atoms with van der Waals surface area (Å²) in [5.41, 5.74) is 5.50. The molecule has 152 valence electrons. The average Bonchev–Trinajstić information content (AvgIpc) is 2.92. The van der Waals surface area contributed by atoms with E-state index in [0.717, 1.165) is 6.08 Å². The van der Waals surface area contributed by atoms with E-state index in [9.17, 15) is 22.4 Å². The van der Waals surface area contributed by atoms with Gasteiger partial charge in [0, 0.05) is 7.05 Å². The number of nitrogens with two attached hydrogens (primary N) is 1. The summed E-state index contributed by atoms with van der Waals surface area (Å²) in [6.07, 6.45) is -0.664. The first-order valence-electron chi connectivity index (χ1n) is 8.50. The summed E-state index contributed by atoms with van der Waals surface area (Å²) >= 11 is 0. The van der Waals surface area contributed by atoms with Crippen LogP contribution < -0.4 is 10.5 Å². The molecule has 29 heavy (non-hydrogen) atoms. The molecule has 2 N–H and O–H groups in total. The van der Waals surface area contributed by atoms with E-state index in [2.05, 4.69) is 9.73 Å². The van der Waals surface area contributed by atoms with Crippen LogP contribution in [0, 0.1) is 0 Å². The third-order valence-electron chi connectivity index (χ3n) is 4.48. The van der Waals surface area contributed by atoms with Crippen LogP contribution in [0.3, 0.4) is 0 Å². The van der Waals surface area contributed by atoms with Gasteiger partial charge in [-0.3, -0.25) is 9.69 Å². The maximum Gasteiger partial charge on any atom is 0.387 e. The summed E-state index contributed by atoms with van der Waals surface area (Å²) in [5.74, 6) is -0.577. The fraction of sp³-hybridized carbons (Fsp3) is 0.200. The van der Waals surface area contributed by atoms with Crippen LogP contribution in [0.4, 0.5) is 17.6 Å². The summed E-state index contributed by atoms with van der Waals surface area (Å²) < 4.78 is 54.2. The fourth-order valence-corrected chi connectivity index (χ4v) is 3.11. The fourth-order valence-electron chi connectivity index (χ4n) is 3.11. The van der Waals surface area contributed by atoms with Gasteiger partial charge in [-0.05, 0) is 41.0 Å². The molecular weight excluding hydrogens is 390 g/mol. The number of aliphatic imine (C=N–C) groups is 1. The monoisotopic (exact) mass is 407 g/mol. The van der Waals surface area contributed by atoms with Crippen molar-refractivity contribution < 1.29 is 27.1 Å². The molecule has 1 amide bonds. The quantitative estimate of drug-likeness (QED) is 0.744. The minimum absolute atomic E-state index is 0.0311. The summed E-state index contributed by atoms with van der Waals surface area (Å²) in [7, 11) is 1.46. The molecule has 0 spiro atoms. The first-order valence-corrected chi connectivity index (χ1v) is 8.50. The Balaban J connectivity index is 2.12. The zero-order valence-electron chi connectivity index (χ0n) is 15.2. The van der Waals surface area contributed by atoms with Crippen LogP contribution >= 0.6 is 0 Å². The van der Waals surface area contributed by atoms with E-state index in [0.29, 0.717) is 16.7 Å². The zero-order valence-corrected chi connectivity index (χ0v) is 15.2. The second kappa shape index (κ2) is 7.94. The van der Waals surface area contributed by atoms with Crippen molar-refractivity contribution in [1.29, 1.82) is 0 Å². The maximum absolute atomic E-state index is 13.1. The molecule has 2 aromatic carbocycles. The topological polar surface area (TPSA) is 67.9 Å². The van der Waals surface area contributed by atoms with Crippen molar-refractivity contribution in [2.45, 2.75) is 18.6 Å². The summed E-state index contributed by atoms with van der Waals surface area (Å²) in [4.78, 5) is 18.7. The molecule has 0 aromatic heterocycles. The lowest BCUT2D eigenvalue weighted by Crippen LogP contribution is -2.41. The molecule has 5 nitrogen and oxygen atoms in total. The number of guanidine groups is 1.